The van der Waals surface area contributed by atoms with Crippen LogP contribution in [0.15, 0.2) is 25.3 Å². The van der Waals surface area contributed by atoms with Gasteiger partial charge in [-0.05, 0) is 19.3 Å². The molecule has 3 heteroatoms. The minimum Gasteiger partial charge on any atom is -0.447 e. The number of nitrogens with zero attached hydrogens (tertiary/aromatic N) is 1. The van der Waals surface area contributed by atoms with Crippen LogP contribution in [-0.4, -0.2) is 30.2 Å². The summed E-state index contributed by atoms with van der Waals surface area (Å²) >= 11 is 0. The third-order valence-corrected chi connectivity index (χ3v) is 2.34. The van der Waals surface area contributed by atoms with Gasteiger partial charge in [0.25, 0.3) is 0 Å². The van der Waals surface area contributed by atoms with Crippen LogP contribution in [0.25, 0.3) is 0 Å². The number of hydrogen-bond acceptors (Lipinski definition) is 2. The summed E-state index contributed by atoms with van der Waals surface area (Å²) in [6.07, 6.45) is 6.50. The number of unbranched alkanes of at least 4 members (excludes halogenated alkanes) is 2. The van der Waals surface area contributed by atoms with Gasteiger partial charge in [0.1, 0.15) is 6.61 Å². The second-order valence-corrected chi connectivity index (χ2v) is 3.36. The van der Waals surface area contributed by atoms with E-state index in [1.807, 2.05) is 6.08 Å². The lowest BCUT2D eigenvalue weighted by molar-refractivity contribution is 0.157. The third kappa shape index (κ3) is 2.62. The average Bonchev–Trinajstić information content (AvgIpc) is 2.55. The highest BCUT2D eigenvalue weighted by molar-refractivity contribution is 5.70. The molecule has 1 aliphatic rings. The SMILES string of the molecule is C=CCCCCN1C(=O)OC[C@@H]1C=C. The summed E-state index contributed by atoms with van der Waals surface area (Å²) in [6, 6.07) is 0.0613. The van der Waals surface area contributed by atoms with Gasteiger partial charge in [-0.2, -0.15) is 0 Å². The first-order chi connectivity index (χ1) is 6.79. The van der Waals surface area contributed by atoms with Crippen LogP contribution in [0.4, 0.5) is 4.79 Å². The monoisotopic (exact) mass is 195 g/mol. The van der Waals surface area contributed by atoms with Gasteiger partial charge in [-0.1, -0.05) is 12.2 Å². The van der Waals surface area contributed by atoms with Crippen molar-refractivity contribution in [3.63, 3.8) is 0 Å². The first-order valence-corrected chi connectivity index (χ1v) is 4.96. The van der Waals surface area contributed by atoms with E-state index in [2.05, 4.69) is 13.2 Å². The van der Waals surface area contributed by atoms with Crippen molar-refractivity contribution in [2.24, 2.45) is 0 Å². The van der Waals surface area contributed by atoms with E-state index < -0.39 is 0 Å². The lowest BCUT2D eigenvalue weighted by Gasteiger charge is -2.17. The van der Waals surface area contributed by atoms with Crippen molar-refractivity contribution in [3.05, 3.63) is 25.3 Å². The van der Waals surface area contributed by atoms with E-state index in [1.165, 1.54) is 0 Å². The van der Waals surface area contributed by atoms with Crippen LogP contribution < -0.4 is 0 Å². The molecule has 0 N–H and O–H groups in total. The molecule has 1 heterocycles. The molecule has 0 aromatic heterocycles. The molecule has 0 saturated carbocycles. The molecular weight excluding hydrogens is 178 g/mol. The molecule has 1 saturated heterocycles. The zero-order chi connectivity index (χ0) is 10.4. The van der Waals surface area contributed by atoms with Crippen LogP contribution in [0.5, 0.6) is 0 Å². The second-order valence-electron chi connectivity index (χ2n) is 3.36. The highest BCUT2D eigenvalue weighted by Gasteiger charge is 2.29. The molecule has 0 bridgehead atoms. The highest BCUT2D eigenvalue weighted by atomic mass is 16.6. The van der Waals surface area contributed by atoms with Crippen molar-refractivity contribution >= 4 is 6.09 Å². The van der Waals surface area contributed by atoms with Gasteiger partial charge >= 0.3 is 6.09 Å². The number of carbonyl (C=O) groups is 1. The van der Waals surface area contributed by atoms with Gasteiger partial charge in [-0.25, -0.2) is 4.79 Å². The zero-order valence-electron chi connectivity index (χ0n) is 8.45. The number of cyclic esters (lactones) is 1. The van der Waals surface area contributed by atoms with Crippen molar-refractivity contribution in [2.75, 3.05) is 13.2 Å². The molecular formula is C11H17NO2. The molecule has 0 unspecified atom stereocenters. The Bertz CT molecular complexity index is 225. The molecule has 78 valence electrons. The predicted octanol–water partition coefficient (Wildman–Crippen LogP) is 2.35. The van der Waals surface area contributed by atoms with E-state index in [4.69, 9.17) is 4.74 Å². The molecule has 14 heavy (non-hydrogen) atoms. The first kappa shape index (κ1) is 10.8. The summed E-state index contributed by atoms with van der Waals surface area (Å²) in [7, 11) is 0. The summed E-state index contributed by atoms with van der Waals surface area (Å²) in [4.78, 5) is 13.0. The Balaban J connectivity index is 2.29. The molecule has 0 aliphatic carbocycles. The average molecular weight is 195 g/mol. The lowest BCUT2D eigenvalue weighted by atomic mass is 10.2. The van der Waals surface area contributed by atoms with Crippen LogP contribution in [0.1, 0.15) is 19.3 Å². The van der Waals surface area contributed by atoms with Crippen molar-refractivity contribution in [2.45, 2.75) is 25.3 Å². The molecule has 1 fully saturated rings. The fraction of sp³-hybridized carbons (Fsp3) is 0.545. The maximum atomic E-state index is 11.2. The maximum Gasteiger partial charge on any atom is 0.410 e. The van der Waals surface area contributed by atoms with Crippen LogP contribution in [0.2, 0.25) is 0 Å². The zero-order valence-corrected chi connectivity index (χ0v) is 8.45. The summed E-state index contributed by atoms with van der Waals surface area (Å²) < 4.78 is 4.92. The number of ether oxygens (including phenoxy) is 1. The van der Waals surface area contributed by atoms with Gasteiger partial charge in [0, 0.05) is 6.54 Å². The number of carbonyl (C=O) groups excluding carboxylic acids is 1. The summed E-state index contributed by atoms with van der Waals surface area (Å²) in [6.45, 7) is 8.54. The standard InChI is InChI=1S/C11H17NO2/c1-3-5-6-7-8-12-10(4-2)9-14-11(12)13/h3-4,10H,1-2,5-9H2/t10-/m0/s1. The largest absolute Gasteiger partial charge is 0.447 e. The number of hydrogen-bond donors (Lipinski definition) is 0. The Labute approximate surface area is 85.0 Å². The van der Waals surface area contributed by atoms with Crippen molar-refractivity contribution in [1.29, 1.82) is 0 Å². The quantitative estimate of drug-likeness (QED) is 0.481. The van der Waals surface area contributed by atoms with E-state index >= 15 is 0 Å². The summed E-state index contributed by atoms with van der Waals surface area (Å²) in [5.41, 5.74) is 0. The van der Waals surface area contributed by atoms with E-state index in [-0.39, 0.29) is 12.1 Å². The highest BCUT2D eigenvalue weighted by Crippen LogP contribution is 2.14. The molecule has 0 aromatic rings. The fourth-order valence-electron chi connectivity index (χ4n) is 1.49. The lowest BCUT2D eigenvalue weighted by Crippen LogP contribution is -2.32. The van der Waals surface area contributed by atoms with E-state index in [1.54, 1.807) is 11.0 Å². The summed E-state index contributed by atoms with van der Waals surface area (Å²) in [5.74, 6) is 0. The normalized spacial score (nSPS) is 20.7. The molecule has 0 aromatic carbocycles. The Kier molecular flexibility index (Phi) is 4.23. The Morgan fingerprint density at radius 1 is 1.50 bits per heavy atom. The van der Waals surface area contributed by atoms with Gasteiger partial charge in [0.15, 0.2) is 0 Å². The van der Waals surface area contributed by atoms with E-state index in [0.29, 0.717) is 6.61 Å². The molecule has 0 radical (unpaired) electrons. The number of allylic oxidation sites excluding steroid dienone is 1. The molecule has 1 aliphatic heterocycles. The third-order valence-electron chi connectivity index (χ3n) is 2.34. The summed E-state index contributed by atoms with van der Waals surface area (Å²) in [5, 5.41) is 0. The van der Waals surface area contributed by atoms with Gasteiger partial charge in [0.05, 0.1) is 6.04 Å². The maximum absolute atomic E-state index is 11.2. The van der Waals surface area contributed by atoms with Crippen LogP contribution in [0.3, 0.4) is 0 Å². The van der Waals surface area contributed by atoms with Crippen LogP contribution in [-0.2, 0) is 4.74 Å². The number of rotatable bonds is 6. The van der Waals surface area contributed by atoms with Gasteiger partial charge < -0.3 is 4.74 Å². The molecule has 1 amide bonds. The topological polar surface area (TPSA) is 29.5 Å². The van der Waals surface area contributed by atoms with Gasteiger partial charge in [-0.3, -0.25) is 4.90 Å². The molecule has 0 spiro atoms. The fourth-order valence-corrected chi connectivity index (χ4v) is 1.49. The Morgan fingerprint density at radius 2 is 2.29 bits per heavy atom. The minimum absolute atomic E-state index is 0.0613. The van der Waals surface area contributed by atoms with Gasteiger partial charge in [-0.15, -0.1) is 13.2 Å². The second kappa shape index (κ2) is 5.47. The van der Waals surface area contributed by atoms with Crippen molar-refractivity contribution < 1.29 is 9.53 Å². The number of amides is 1. The molecule has 1 rings (SSSR count). The minimum atomic E-state index is -0.214. The smallest absolute Gasteiger partial charge is 0.410 e. The van der Waals surface area contributed by atoms with E-state index in [9.17, 15) is 4.79 Å². The van der Waals surface area contributed by atoms with Gasteiger partial charge in [0.2, 0.25) is 0 Å². The molecule has 1 atom stereocenters. The Morgan fingerprint density at radius 3 is 2.93 bits per heavy atom. The van der Waals surface area contributed by atoms with Crippen LogP contribution >= 0.6 is 0 Å². The van der Waals surface area contributed by atoms with E-state index in [0.717, 1.165) is 25.8 Å². The van der Waals surface area contributed by atoms with Crippen molar-refractivity contribution in [3.8, 4) is 0 Å². The predicted molar refractivity (Wildman–Crippen MR) is 56.1 cm³/mol. The molecule has 3 nitrogen and oxygen atoms in total. The Hall–Kier alpha value is -1.25. The first-order valence-electron chi connectivity index (χ1n) is 4.96. The van der Waals surface area contributed by atoms with Crippen molar-refractivity contribution in [1.82, 2.24) is 4.90 Å². The van der Waals surface area contributed by atoms with Crippen LogP contribution in [0, 0.1) is 0 Å².